The van der Waals surface area contributed by atoms with Crippen LogP contribution in [-0.2, 0) is 11.2 Å². The van der Waals surface area contributed by atoms with E-state index < -0.39 is 5.91 Å². The van der Waals surface area contributed by atoms with Crippen LogP contribution in [-0.4, -0.2) is 49.0 Å². The van der Waals surface area contributed by atoms with Gasteiger partial charge in [0, 0.05) is 42.3 Å². The number of rotatable bonds is 4. The van der Waals surface area contributed by atoms with Crippen LogP contribution in [0.5, 0.6) is 0 Å². The van der Waals surface area contributed by atoms with E-state index in [1.807, 2.05) is 48.5 Å². The van der Waals surface area contributed by atoms with E-state index in [0.29, 0.717) is 29.6 Å². The minimum absolute atomic E-state index is 0.0531. The molecule has 4 N–H and O–H groups in total. The molecular weight excluding hydrogens is 518 g/mol. The minimum Gasteiger partial charge on any atom is -0.381 e. The summed E-state index contributed by atoms with van der Waals surface area (Å²) in [7, 11) is 0. The quantitative estimate of drug-likeness (QED) is 0.332. The third-order valence-electron chi connectivity index (χ3n) is 6.83. The van der Waals surface area contributed by atoms with Crippen LogP contribution in [0.3, 0.4) is 0 Å². The predicted octanol–water partition coefficient (Wildman–Crippen LogP) is 2.94. The molecule has 41 heavy (non-hydrogen) atoms. The van der Waals surface area contributed by atoms with Gasteiger partial charge in [-0.25, -0.2) is 9.50 Å². The molecule has 206 valence electrons. The number of nitrogens with zero attached hydrogens (tertiary/aromatic N) is 5. The van der Waals surface area contributed by atoms with E-state index in [-0.39, 0.29) is 22.8 Å². The van der Waals surface area contributed by atoms with Gasteiger partial charge < -0.3 is 16.4 Å². The third-order valence-corrected chi connectivity index (χ3v) is 6.83. The highest BCUT2D eigenvalue weighted by molar-refractivity contribution is 6.03. The van der Waals surface area contributed by atoms with Crippen molar-refractivity contribution in [3.05, 3.63) is 100 Å². The monoisotopic (exact) mass is 547 g/mol. The van der Waals surface area contributed by atoms with Crippen LogP contribution in [0.2, 0.25) is 0 Å². The number of aryl methyl sites for hydroxylation is 1. The Morgan fingerprint density at radius 2 is 1.88 bits per heavy atom. The standard InChI is InChI=1S/C24H22N2O2.C7H7N5O/c1-2-20-17-19-10-6-9-18(11-7-15-25-16-8-14-22(25)27)23(19)24(28)26(20)21-12-4-3-5-13-21;8-5-4(6(9)13)7-10-2-1-3-12(7)11-5/h3-6,9-10,12-13,17H,2,8,14-16H2,1H3;1-3H,(H2,8,11)(H2,9,13). The number of carbonyl (C=O) groups is 2. The average molecular weight is 548 g/mol. The average Bonchev–Trinajstić information content (AvgIpc) is 3.54. The molecule has 3 aromatic heterocycles. The fourth-order valence-corrected chi connectivity index (χ4v) is 4.88. The van der Waals surface area contributed by atoms with Gasteiger partial charge in [-0.05, 0) is 48.6 Å². The van der Waals surface area contributed by atoms with Crippen molar-refractivity contribution < 1.29 is 9.59 Å². The van der Waals surface area contributed by atoms with Crippen LogP contribution >= 0.6 is 0 Å². The van der Waals surface area contributed by atoms with Gasteiger partial charge >= 0.3 is 0 Å². The summed E-state index contributed by atoms with van der Waals surface area (Å²) in [5.74, 6) is 5.87. The van der Waals surface area contributed by atoms with Gasteiger partial charge in [-0.3, -0.25) is 19.0 Å². The Morgan fingerprint density at radius 1 is 1.07 bits per heavy atom. The van der Waals surface area contributed by atoms with Crippen LogP contribution in [0.1, 0.15) is 41.4 Å². The molecule has 1 aliphatic heterocycles. The van der Waals surface area contributed by atoms with Gasteiger partial charge in [-0.2, -0.15) is 0 Å². The number of amides is 2. The lowest BCUT2D eigenvalue weighted by Gasteiger charge is -2.14. The van der Waals surface area contributed by atoms with Crippen LogP contribution < -0.4 is 17.0 Å². The highest BCUT2D eigenvalue weighted by Crippen LogP contribution is 2.20. The summed E-state index contributed by atoms with van der Waals surface area (Å²) < 4.78 is 3.19. The van der Waals surface area contributed by atoms with Crippen LogP contribution in [0, 0.1) is 11.8 Å². The Balaban J connectivity index is 0.000000216. The van der Waals surface area contributed by atoms with E-state index >= 15 is 0 Å². The van der Waals surface area contributed by atoms with Crippen LogP contribution in [0.25, 0.3) is 22.1 Å². The maximum absolute atomic E-state index is 13.4. The van der Waals surface area contributed by atoms with Crippen LogP contribution in [0.15, 0.2) is 77.9 Å². The zero-order valence-electron chi connectivity index (χ0n) is 22.6. The summed E-state index contributed by atoms with van der Waals surface area (Å²) in [5.41, 5.74) is 13.6. The number of para-hydroxylation sites is 1. The van der Waals surface area contributed by atoms with Crippen molar-refractivity contribution in [2.45, 2.75) is 26.2 Å². The first-order valence-electron chi connectivity index (χ1n) is 13.3. The maximum atomic E-state index is 13.4. The summed E-state index contributed by atoms with van der Waals surface area (Å²) in [6, 6.07) is 19.2. The Bertz CT molecular complexity index is 1880. The lowest BCUT2D eigenvalue weighted by molar-refractivity contribution is -0.127. The highest BCUT2D eigenvalue weighted by atomic mass is 16.2. The molecule has 0 spiro atoms. The van der Waals surface area contributed by atoms with Gasteiger partial charge in [-0.1, -0.05) is 49.1 Å². The van der Waals surface area contributed by atoms with Gasteiger partial charge in [0.2, 0.25) is 5.91 Å². The zero-order valence-corrected chi connectivity index (χ0v) is 22.6. The number of pyridine rings is 1. The normalized spacial score (nSPS) is 12.6. The van der Waals surface area contributed by atoms with E-state index in [0.717, 1.165) is 36.2 Å². The summed E-state index contributed by atoms with van der Waals surface area (Å²) in [6.45, 7) is 3.23. The molecule has 0 unspecified atom stereocenters. The largest absolute Gasteiger partial charge is 0.381 e. The lowest BCUT2D eigenvalue weighted by atomic mass is 10.0. The third kappa shape index (κ3) is 5.51. The Morgan fingerprint density at radius 3 is 2.59 bits per heavy atom. The molecule has 6 rings (SSSR count). The van der Waals surface area contributed by atoms with Crippen molar-refractivity contribution in [3.63, 3.8) is 0 Å². The molecule has 0 radical (unpaired) electrons. The number of anilines is 1. The fraction of sp³-hybridized carbons (Fsp3) is 0.194. The number of hydrogen-bond donors (Lipinski definition) is 2. The molecule has 5 aromatic rings. The Kier molecular flexibility index (Phi) is 7.78. The smallest absolute Gasteiger partial charge is 0.264 e. The molecule has 0 atom stereocenters. The van der Waals surface area contributed by atoms with Crippen molar-refractivity contribution in [1.82, 2.24) is 24.1 Å². The topological polar surface area (TPSA) is 142 Å². The van der Waals surface area contributed by atoms with E-state index in [4.69, 9.17) is 11.5 Å². The van der Waals surface area contributed by atoms with Crippen molar-refractivity contribution in [2.75, 3.05) is 18.8 Å². The van der Waals surface area contributed by atoms with Crippen molar-refractivity contribution in [2.24, 2.45) is 5.73 Å². The highest BCUT2D eigenvalue weighted by Gasteiger charge is 2.19. The van der Waals surface area contributed by atoms with Gasteiger partial charge in [0.05, 0.1) is 11.9 Å². The van der Waals surface area contributed by atoms with Gasteiger partial charge in [0.1, 0.15) is 5.56 Å². The number of primary amides is 1. The second kappa shape index (κ2) is 11.8. The molecule has 0 aliphatic carbocycles. The summed E-state index contributed by atoms with van der Waals surface area (Å²) in [4.78, 5) is 41.9. The maximum Gasteiger partial charge on any atom is 0.264 e. The number of benzene rings is 2. The number of carbonyl (C=O) groups excluding carboxylic acids is 2. The van der Waals surface area contributed by atoms with Crippen molar-refractivity contribution in [3.8, 4) is 17.5 Å². The molecule has 10 heteroatoms. The molecule has 2 aromatic carbocycles. The summed E-state index contributed by atoms with van der Waals surface area (Å²) in [5, 5.41) is 5.39. The number of aromatic nitrogens is 4. The SMILES string of the molecule is CCc1cc2cccc(C#CCN3CCCC3=O)c2c(=O)n1-c1ccccc1.NC(=O)c1c(N)nn2cccnc12. The molecule has 1 aliphatic rings. The van der Waals surface area contributed by atoms with Crippen molar-refractivity contribution in [1.29, 1.82) is 0 Å². The zero-order chi connectivity index (χ0) is 28.9. The Hall–Kier alpha value is -5.43. The Labute approximate surface area is 236 Å². The number of hydrogen-bond acceptors (Lipinski definition) is 6. The molecule has 1 fully saturated rings. The van der Waals surface area contributed by atoms with Crippen LogP contribution in [0.4, 0.5) is 5.82 Å². The van der Waals surface area contributed by atoms with E-state index in [1.165, 1.54) is 4.52 Å². The van der Waals surface area contributed by atoms with Gasteiger partial charge in [0.15, 0.2) is 11.5 Å². The van der Waals surface area contributed by atoms with Gasteiger partial charge in [-0.15, -0.1) is 5.10 Å². The second-order valence-corrected chi connectivity index (χ2v) is 9.47. The number of likely N-dealkylation sites (tertiary alicyclic amines) is 1. The van der Waals surface area contributed by atoms with E-state index in [9.17, 15) is 14.4 Å². The number of fused-ring (bicyclic) bond motifs is 2. The number of nitrogen functional groups attached to an aromatic ring is 1. The molecule has 0 saturated carbocycles. The molecule has 2 amide bonds. The summed E-state index contributed by atoms with van der Waals surface area (Å²) in [6.07, 6.45) is 5.45. The van der Waals surface area contributed by atoms with Gasteiger partial charge in [0.25, 0.3) is 11.5 Å². The lowest BCUT2D eigenvalue weighted by Crippen LogP contribution is -2.24. The molecule has 0 bridgehead atoms. The van der Waals surface area contributed by atoms with E-state index in [1.54, 1.807) is 27.9 Å². The van der Waals surface area contributed by atoms with E-state index in [2.05, 4.69) is 34.9 Å². The second-order valence-electron chi connectivity index (χ2n) is 9.47. The predicted molar refractivity (Wildman–Crippen MR) is 158 cm³/mol. The first-order chi connectivity index (χ1) is 19.9. The number of nitrogens with two attached hydrogens (primary N) is 2. The molecular formula is C31H29N7O3. The minimum atomic E-state index is -0.619. The molecule has 4 heterocycles. The fourth-order valence-electron chi connectivity index (χ4n) is 4.88. The molecule has 1 saturated heterocycles. The van der Waals surface area contributed by atoms with Crippen molar-refractivity contribution >= 4 is 34.1 Å². The summed E-state index contributed by atoms with van der Waals surface area (Å²) >= 11 is 0. The first-order valence-corrected chi connectivity index (χ1v) is 13.3. The molecule has 10 nitrogen and oxygen atoms in total. The first kappa shape index (κ1) is 27.1.